The zero-order valence-electron chi connectivity index (χ0n) is 17.0. The summed E-state index contributed by atoms with van der Waals surface area (Å²) in [6.45, 7) is 2.41. The van der Waals surface area contributed by atoms with E-state index in [1.54, 1.807) is 7.11 Å². The third-order valence-electron chi connectivity index (χ3n) is 4.78. The monoisotopic (exact) mass is 413 g/mol. The number of ether oxygens (including phenoxy) is 1. The summed E-state index contributed by atoms with van der Waals surface area (Å²) in [6, 6.07) is 19.0. The molecule has 8 heteroatoms. The first-order chi connectivity index (χ1) is 15.2. The van der Waals surface area contributed by atoms with Gasteiger partial charge in [0.2, 0.25) is 11.7 Å². The van der Waals surface area contributed by atoms with Crippen molar-refractivity contribution < 1.29 is 13.6 Å². The number of hydrogen-bond acceptors (Lipinski definition) is 8. The molecule has 0 bridgehead atoms. The van der Waals surface area contributed by atoms with Crippen molar-refractivity contribution in [3.63, 3.8) is 0 Å². The van der Waals surface area contributed by atoms with E-state index < -0.39 is 0 Å². The predicted molar refractivity (Wildman–Crippen MR) is 116 cm³/mol. The lowest BCUT2D eigenvalue weighted by molar-refractivity contribution is 0.415. The molecule has 0 unspecified atom stereocenters. The van der Waals surface area contributed by atoms with Crippen LogP contribution in [0.4, 0.5) is 5.82 Å². The highest BCUT2D eigenvalue weighted by atomic mass is 16.5. The summed E-state index contributed by atoms with van der Waals surface area (Å²) in [5.74, 6) is 4.08. The Morgan fingerprint density at radius 1 is 0.871 bits per heavy atom. The summed E-state index contributed by atoms with van der Waals surface area (Å²) in [4.78, 5) is 9.26. The van der Waals surface area contributed by atoms with Crippen LogP contribution in [-0.4, -0.2) is 27.3 Å². The maximum absolute atomic E-state index is 5.86. The number of benzene rings is 2. The Balaban J connectivity index is 1.49. The van der Waals surface area contributed by atoms with Gasteiger partial charge in [0, 0.05) is 10.9 Å². The molecule has 0 saturated carbocycles. The molecular formula is C23H19N5O3. The van der Waals surface area contributed by atoms with Gasteiger partial charge in [-0.05, 0) is 55.5 Å². The first kappa shape index (κ1) is 18.8. The molecule has 0 aliphatic rings. The highest BCUT2D eigenvalue weighted by molar-refractivity contribution is 5.90. The molecule has 0 aliphatic heterocycles. The van der Waals surface area contributed by atoms with Gasteiger partial charge in [0.25, 0.3) is 5.89 Å². The molecule has 0 aliphatic carbocycles. The van der Waals surface area contributed by atoms with Crippen LogP contribution < -0.4 is 10.1 Å². The summed E-state index contributed by atoms with van der Waals surface area (Å²) in [6.07, 6.45) is 0. The number of fused-ring (bicyclic) bond motifs is 1. The Hall–Kier alpha value is -4.20. The minimum atomic E-state index is 0.244. The molecule has 0 fully saturated rings. The van der Waals surface area contributed by atoms with Gasteiger partial charge in [0.1, 0.15) is 23.1 Å². The molecule has 1 N–H and O–H groups in total. The molecule has 0 amide bonds. The number of aromatic nitrogens is 4. The standard InChI is InChI=1S/C23H19N5O3/c1-14-7-10-17(30-14)13-24-20-18-5-3-4-6-19(18)25-21(26-20)23-28-27-22(31-23)15-8-11-16(29-2)12-9-15/h3-12H,13H2,1-2H3,(H,24,25,26). The van der Waals surface area contributed by atoms with Crippen molar-refractivity contribution in [3.05, 3.63) is 72.2 Å². The minimum Gasteiger partial charge on any atom is -0.497 e. The fourth-order valence-electron chi connectivity index (χ4n) is 3.22. The number of methoxy groups -OCH3 is 1. The van der Waals surface area contributed by atoms with Gasteiger partial charge in [-0.3, -0.25) is 0 Å². The third-order valence-corrected chi connectivity index (χ3v) is 4.78. The largest absolute Gasteiger partial charge is 0.497 e. The first-order valence-corrected chi connectivity index (χ1v) is 9.74. The molecule has 0 spiro atoms. The van der Waals surface area contributed by atoms with E-state index in [0.29, 0.717) is 24.1 Å². The van der Waals surface area contributed by atoms with Crippen molar-refractivity contribution in [2.45, 2.75) is 13.5 Å². The Kier molecular flexibility index (Phi) is 4.80. The van der Waals surface area contributed by atoms with Gasteiger partial charge in [-0.2, -0.15) is 0 Å². The number of anilines is 1. The second-order valence-corrected chi connectivity index (χ2v) is 6.92. The van der Waals surface area contributed by atoms with Gasteiger partial charge in [-0.1, -0.05) is 12.1 Å². The average molecular weight is 413 g/mol. The Morgan fingerprint density at radius 3 is 2.45 bits per heavy atom. The molecule has 8 nitrogen and oxygen atoms in total. The van der Waals surface area contributed by atoms with E-state index in [9.17, 15) is 0 Å². The Labute approximate surface area is 177 Å². The molecule has 5 aromatic rings. The van der Waals surface area contributed by atoms with Crippen molar-refractivity contribution in [1.82, 2.24) is 20.2 Å². The van der Waals surface area contributed by atoms with E-state index in [4.69, 9.17) is 13.6 Å². The van der Waals surface area contributed by atoms with E-state index in [-0.39, 0.29) is 5.89 Å². The van der Waals surface area contributed by atoms with E-state index in [1.807, 2.05) is 67.6 Å². The third kappa shape index (κ3) is 3.83. The highest BCUT2D eigenvalue weighted by Crippen LogP contribution is 2.27. The summed E-state index contributed by atoms with van der Waals surface area (Å²) in [5, 5.41) is 12.5. The van der Waals surface area contributed by atoms with Gasteiger partial charge >= 0.3 is 0 Å². The van der Waals surface area contributed by atoms with Crippen LogP contribution in [0.2, 0.25) is 0 Å². The fraction of sp³-hybridized carbons (Fsp3) is 0.130. The molecule has 31 heavy (non-hydrogen) atoms. The molecule has 0 radical (unpaired) electrons. The minimum absolute atomic E-state index is 0.244. The van der Waals surface area contributed by atoms with Crippen molar-refractivity contribution in [2.75, 3.05) is 12.4 Å². The number of para-hydroxylation sites is 1. The average Bonchev–Trinajstić information content (AvgIpc) is 3.47. The number of furan rings is 1. The van der Waals surface area contributed by atoms with Crippen molar-refractivity contribution in [1.29, 1.82) is 0 Å². The predicted octanol–water partition coefficient (Wildman–Crippen LogP) is 4.87. The molecule has 3 aromatic heterocycles. The van der Waals surface area contributed by atoms with Gasteiger partial charge in [-0.25, -0.2) is 9.97 Å². The summed E-state index contributed by atoms with van der Waals surface area (Å²) < 4.78 is 16.7. The summed E-state index contributed by atoms with van der Waals surface area (Å²) in [7, 11) is 1.62. The Bertz CT molecular complexity index is 1340. The topological polar surface area (TPSA) is 99.1 Å². The first-order valence-electron chi connectivity index (χ1n) is 9.74. The molecule has 154 valence electrons. The maximum atomic E-state index is 5.86. The van der Waals surface area contributed by atoms with Gasteiger partial charge in [0.05, 0.1) is 19.2 Å². The molecule has 3 heterocycles. The van der Waals surface area contributed by atoms with E-state index in [2.05, 4.69) is 25.5 Å². The van der Waals surface area contributed by atoms with Gasteiger partial charge in [0.15, 0.2) is 0 Å². The smallest absolute Gasteiger partial charge is 0.286 e. The second-order valence-electron chi connectivity index (χ2n) is 6.92. The number of nitrogens with zero attached hydrogens (tertiary/aromatic N) is 4. The quantitative estimate of drug-likeness (QED) is 0.421. The van der Waals surface area contributed by atoms with Crippen LogP contribution >= 0.6 is 0 Å². The lowest BCUT2D eigenvalue weighted by Gasteiger charge is -2.08. The van der Waals surface area contributed by atoms with Crippen LogP contribution in [0.3, 0.4) is 0 Å². The van der Waals surface area contributed by atoms with Crippen LogP contribution in [0, 0.1) is 6.92 Å². The van der Waals surface area contributed by atoms with Crippen LogP contribution in [0.15, 0.2) is 69.5 Å². The van der Waals surface area contributed by atoms with Crippen molar-refractivity contribution in [3.8, 4) is 28.9 Å². The normalized spacial score (nSPS) is 11.0. The molecule has 2 aromatic carbocycles. The van der Waals surface area contributed by atoms with Gasteiger partial charge < -0.3 is 18.9 Å². The fourth-order valence-corrected chi connectivity index (χ4v) is 3.22. The molecule has 0 atom stereocenters. The number of rotatable bonds is 6. The van der Waals surface area contributed by atoms with Crippen LogP contribution in [0.25, 0.3) is 34.1 Å². The molecule has 0 saturated heterocycles. The molecule has 5 rings (SSSR count). The SMILES string of the molecule is COc1ccc(-c2nnc(-c3nc(NCc4ccc(C)o4)c4ccccc4n3)o2)cc1. The second kappa shape index (κ2) is 7.91. The summed E-state index contributed by atoms with van der Waals surface area (Å²) >= 11 is 0. The Morgan fingerprint density at radius 2 is 1.68 bits per heavy atom. The van der Waals surface area contributed by atoms with Crippen LogP contribution in [0.5, 0.6) is 5.75 Å². The zero-order valence-corrected chi connectivity index (χ0v) is 17.0. The van der Waals surface area contributed by atoms with E-state index in [1.165, 1.54) is 0 Å². The van der Waals surface area contributed by atoms with Crippen molar-refractivity contribution in [2.24, 2.45) is 0 Å². The van der Waals surface area contributed by atoms with Crippen LogP contribution in [-0.2, 0) is 6.54 Å². The summed E-state index contributed by atoms with van der Waals surface area (Å²) in [5.41, 5.74) is 1.56. The van der Waals surface area contributed by atoms with Crippen molar-refractivity contribution >= 4 is 16.7 Å². The molecular weight excluding hydrogens is 394 g/mol. The van der Waals surface area contributed by atoms with E-state index >= 15 is 0 Å². The zero-order chi connectivity index (χ0) is 21.2. The maximum Gasteiger partial charge on any atom is 0.286 e. The number of aryl methyl sites for hydroxylation is 1. The lowest BCUT2D eigenvalue weighted by Crippen LogP contribution is -2.03. The number of nitrogens with one attached hydrogen (secondary N) is 1. The lowest BCUT2D eigenvalue weighted by atomic mass is 10.2. The van der Waals surface area contributed by atoms with Gasteiger partial charge in [-0.15, -0.1) is 10.2 Å². The number of hydrogen-bond donors (Lipinski definition) is 1. The van der Waals surface area contributed by atoms with Crippen LogP contribution in [0.1, 0.15) is 11.5 Å². The highest BCUT2D eigenvalue weighted by Gasteiger charge is 2.16. The van der Waals surface area contributed by atoms with E-state index in [0.717, 1.165) is 33.7 Å².